The van der Waals surface area contributed by atoms with Crippen LogP contribution in [0.3, 0.4) is 0 Å². The number of anilines is 1. The Morgan fingerprint density at radius 3 is 2.68 bits per heavy atom. The molecule has 2 aliphatic heterocycles. The van der Waals surface area contributed by atoms with E-state index in [1.807, 2.05) is 13.8 Å². The number of aromatic nitrogens is 2. The van der Waals surface area contributed by atoms with Crippen molar-refractivity contribution in [3.63, 3.8) is 0 Å². The quantitative estimate of drug-likeness (QED) is 0.666. The summed E-state index contributed by atoms with van der Waals surface area (Å²) in [5, 5.41) is 2.37. The van der Waals surface area contributed by atoms with Crippen molar-refractivity contribution in [3.8, 4) is 0 Å². The zero-order valence-corrected chi connectivity index (χ0v) is 20.4. The molecule has 10 heteroatoms. The van der Waals surface area contributed by atoms with Crippen molar-refractivity contribution in [3.05, 3.63) is 53.7 Å². The lowest BCUT2D eigenvalue weighted by molar-refractivity contribution is -0.125. The fraction of sp³-hybridized carbons (Fsp3) is 0.542. The maximum absolute atomic E-state index is 15.4. The van der Waals surface area contributed by atoms with Gasteiger partial charge >= 0.3 is 0 Å². The Hall–Kier alpha value is -2.43. The Balaban J connectivity index is 1.62. The second-order valence-corrected chi connectivity index (χ2v) is 11.3. The van der Waals surface area contributed by atoms with Gasteiger partial charge in [-0.15, -0.1) is 0 Å². The molecule has 1 N–H and O–H groups in total. The van der Waals surface area contributed by atoms with Crippen molar-refractivity contribution in [1.29, 1.82) is 0 Å². The van der Waals surface area contributed by atoms with Crippen LogP contribution in [0.15, 0.2) is 36.8 Å². The van der Waals surface area contributed by atoms with Gasteiger partial charge in [-0.25, -0.2) is 17.8 Å². The number of carbonyl (C=O) groups is 1. The first-order valence-electron chi connectivity index (χ1n) is 11.7. The van der Waals surface area contributed by atoms with Crippen LogP contribution in [0.5, 0.6) is 0 Å². The van der Waals surface area contributed by atoms with Crippen LogP contribution in [0.2, 0.25) is 0 Å². The number of benzene rings is 1. The van der Waals surface area contributed by atoms with Gasteiger partial charge in [-0.2, -0.15) is 4.31 Å². The topological polar surface area (TPSA) is 101 Å². The van der Waals surface area contributed by atoms with E-state index in [9.17, 15) is 13.2 Å². The van der Waals surface area contributed by atoms with Gasteiger partial charge in [0, 0.05) is 43.8 Å². The monoisotopic (exact) mass is 490 g/mol. The van der Waals surface area contributed by atoms with Crippen molar-refractivity contribution in [2.75, 3.05) is 18.5 Å². The normalized spacial score (nSPS) is 24.4. The number of hydrogen-bond donors (Lipinski definition) is 1. The summed E-state index contributed by atoms with van der Waals surface area (Å²) in [5.41, 5.74) is -0.140. The number of nitrogens with zero attached hydrogens (tertiary/aromatic N) is 3. The molecule has 2 aromatic rings. The third-order valence-corrected chi connectivity index (χ3v) is 9.67. The summed E-state index contributed by atoms with van der Waals surface area (Å²) in [6, 6.07) is 4.52. The number of carbonyl (C=O) groups excluding carboxylic acids is 1. The van der Waals surface area contributed by atoms with Crippen molar-refractivity contribution in [2.24, 2.45) is 0 Å². The number of rotatable bonds is 6. The Labute approximate surface area is 200 Å². The number of nitrogens with one attached hydrogen (secondary N) is 1. The van der Waals surface area contributed by atoms with Gasteiger partial charge in [-0.1, -0.05) is 19.1 Å². The second kappa shape index (κ2) is 10.1. The molecule has 0 bridgehead atoms. The van der Waals surface area contributed by atoms with Crippen LogP contribution in [0, 0.1) is 5.82 Å². The average molecular weight is 491 g/mol. The third kappa shape index (κ3) is 4.71. The Kier molecular flexibility index (Phi) is 7.30. The van der Waals surface area contributed by atoms with Crippen LogP contribution in [0.25, 0.3) is 0 Å². The fourth-order valence-electron chi connectivity index (χ4n) is 4.93. The molecule has 4 rings (SSSR count). The summed E-state index contributed by atoms with van der Waals surface area (Å²) in [7, 11) is -3.50. The average Bonchev–Trinajstić information content (AvgIpc) is 2.83. The molecule has 1 aromatic carbocycles. The van der Waals surface area contributed by atoms with Crippen LogP contribution in [0.1, 0.15) is 57.1 Å². The van der Waals surface area contributed by atoms with Gasteiger partial charge in [0.15, 0.2) is 5.82 Å². The molecule has 3 heterocycles. The van der Waals surface area contributed by atoms with E-state index in [0.717, 1.165) is 6.42 Å². The lowest BCUT2D eigenvalue weighted by Gasteiger charge is -2.38. The molecule has 1 aromatic heterocycles. The molecule has 1 amide bonds. The minimum Gasteiger partial charge on any atom is -0.381 e. The summed E-state index contributed by atoms with van der Waals surface area (Å²) in [4.78, 5) is 21.4. The minimum atomic E-state index is -3.50. The van der Waals surface area contributed by atoms with Crippen LogP contribution in [-0.2, 0) is 31.5 Å². The summed E-state index contributed by atoms with van der Waals surface area (Å²) < 4.78 is 48.3. The maximum atomic E-state index is 15.4. The molecular weight excluding hydrogens is 459 g/mol. The van der Waals surface area contributed by atoms with Crippen LogP contribution < -0.4 is 5.32 Å². The van der Waals surface area contributed by atoms with Crippen LogP contribution in [-0.4, -0.2) is 53.1 Å². The molecule has 2 aliphatic rings. The van der Waals surface area contributed by atoms with Gasteiger partial charge < -0.3 is 10.1 Å². The second-order valence-electron chi connectivity index (χ2n) is 9.09. The molecule has 34 heavy (non-hydrogen) atoms. The lowest BCUT2D eigenvalue weighted by Crippen LogP contribution is -2.48. The SMILES string of the molecule is CC[C@@H]1CC[C@@H](C)N(Cc2ccc(C3(C(=O)Nc4cnccn4)CCOCC3)cc2F)S1(=O)=O. The highest BCUT2D eigenvalue weighted by molar-refractivity contribution is 7.89. The molecule has 0 radical (unpaired) electrons. The van der Waals surface area contributed by atoms with Gasteiger partial charge in [-0.3, -0.25) is 9.78 Å². The number of sulfonamides is 1. The van der Waals surface area contributed by atoms with Gasteiger partial charge in [-0.05, 0) is 50.7 Å². The molecule has 2 atom stereocenters. The highest BCUT2D eigenvalue weighted by Crippen LogP contribution is 2.37. The van der Waals surface area contributed by atoms with Crippen molar-refractivity contribution < 1.29 is 22.3 Å². The molecule has 2 fully saturated rings. The standard InChI is InChI=1S/C24H31FN4O4S/c1-3-20-7-4-17(2)29(34(20,31)32)16-18-5-6-19(14-21(18)25)24(8-12-33-13-9-24)23(30)28-22-15-26-10-11-27-22/h5-6,10-11,14-15,17,20H,3-4,7-9,12-13,16H2,1-2H3,(H,27,28,30)/t17-,20-/m1/s1. The Morgan fingerprint density at radius 1 is 1.26 bits per heavy atom. The van der Waals surface area contributed by atoms with Crippen LogP contribution in [0.4, 0.5) is 10.2 Å². The largest absolute Gasteiger partial charge is 0.381 e. The van der Waals surface area contributed by atoms with E-state index in [-0.39, 0.29) is 18.5 Å². The molecule has 8 nitrogen and oxygen atoms in total. The maximum Gasteiger partial charge on any atom is 0.236 e. The smallest absolute Gasteiger partial charge is 0.236 e. The van der Waals surface area contributed by atoms with E-state index in [1.54, 1.807) is 12.1 Å². The van der Waals surface area contributed by atoms with E-state index in [1.165, 1.54) is 29.0 Å². The number of halogens is 1. The number of hydrogen-bond acceptors (Lipinski definition) is 6. The minimum absolute atomic E-state index is 0.0198. The lowest BCUT2D eigenvalue weighted by atomic mass is 9.73. The zero-order valence-electron chi connectivity index (χ0n) is 19.5. The molecule has 0 spiro atoms. The van der Waals surface area contributed by atoms with E-state index < -0.39 is 26.5 Å². The van der Waals surface area contributed by atoms with Gasteiger partial charge in [0.1, 0.15) is 5.82 Å². The zero-order chi connectivity index (χ0) is 24.3. The van der Waals surface area contributed by atoms with E-state index in [2.05, 4.69) is 15.3 Å². The first-order chi connectivity index (χ1) is 16.3. The highest BCUT2D eigenvalue weighted by Gasteiger charge is 2.43. The third-order valence-electron chi connectivity index (χ3n) is 7.12. The molecular formula is C24H31FN4O4S. The van der Waals surface area contributed by atoms with E-state index in [4.69, 9.17) is 4.74 Å². The number of amides is 1. The van der Waals surface area contributed by atoms with Crippen molar-refractivity contribution in [1.82, 2.24) is 14.3 Å². The summed E-state index contributed by atoms with van der Waals surface area (Å²) >= 11 is 0. The van der Waals surface area contributed by atoms with Crippen LogP contribution >= 0.6 is 0 Å². The molecule has 0 saturated carbocycles. The molecule has 0 unspecified atom stereocenters. The molecule has 2 saturated heterocycles. The van der Waals surface area contributed by atoms with E-state index >= 15 is 4.39 Å². The van der Waals surface area contributed by atoms with E-state index in [0.29, 0.717) is 55.8 Å². The highest BCUT2D eigenvalue weighted by atomic mass is 32.2. The molecule has 184 valence electrons. The summed E-state index contributed by atoms with van der Waals surface area (Å²) in [6.45, 7) is 4.46. The van der Waals surface area contributed by atoms with Gasteiger partial charge in [0.25, 0.3) is 0 Å². The Bertz CT molecular complexity index is 1120. The fourth-order valence-corrected chi connectivity index (χ4v) is 7.09. The molecule has 0 aliphatic carbocycles. The summed E-state index contributed by atoms with van der Waals surface area (Å²) in [6.07, 6.45) is 7.17. The van der Waals surface area contributed by atoms with Gasteiger partial charge in [0.2, 0.25) is 15.9 Å². The first kappa shape index (κ1) is 24.7. The first-order valence-corrected chi connectivity index (χ1v) is 13.2. The van der Waals surface area contributed by atoms with Crippen molar-refractivity contribution in [2.45, 2.75) is 69.2 Å². The summed E-state index contributed by atoms with van der Waals surface area (Å²) in [5.74, 6) is -0.483. The predicted molar refractivity (Wildman–Crippen MR) is 126 cm³/mol. The Morgan fingerprint density at radius 2 is 2.03 bits per heavy atom. The number of ether oxygens (including phenoxy) is 1. The predicted octanol–water partition coefficient (Wildman–Crippen LogP) is 3.40. The van der Waals surface area contributed by atoms with Gasteiger partial charge in [0.05, 0.1) is 16.9 Å². The van der Waals surface area contributed by atoms with Crippen molar-refractivity contribution >= 4 is 21.7 Å².